The minimum Gasteiger partial charge on any atom is -0.490 e. The molecule has 0 bridgehead atoms. The van der Waals surface area contributed by atoms with Crippen LogP contribution in [0.1, 0.15) is 28.5 Å². The first-order valence-electron chi connectivity index (χ1n) is 11.5. The average molecular weight is 474 g/mol. The lowest BCUT2D eigenvalue weighted by atomic mass is 9.99. The largest absolute Gasteiger partial charge is 0.490 e. The van der Waals surface area contributed by atoms with Crippen LogP contribution < -0.4 is 9.47 Å². The maximum atomic E-state index is 13.3. The SMILES string of the molecule is CCOc1cc(/C=C(/C#N)C(=O)c2c(C)[nH]c3ccccc23)ccc1OCC(=O)N1CCOCC1. The zero-order valence-corrected chi connectivity index (χ0v) is 19.8. The number of ether oxygens (including phenoxy) is 3. The minimum atomic E-state index is -0.350. The summed E-state index contributed by atoms with van der Waals surface area (Å²) in [6, 6.07) is 14.6. The van der Waals surface area contributed by atoms with Gasteiger partial charge in [-0.3, -0.25) is 9.59 Å². The number of allylic oxidation sites excluding steroid dienone is 1. The Bertz CT molecular complexity index is 1310. The number of Topliss-reactive ketones (excluding diaryl/α,β-unsaturated/α-hetero) is 1. The highest BCUT2D eigenvalue weighted by Crippen LogP contribution is 2.30. The van der Waals surface area contributed by atoms with Crippen LogP contribution >= 0.6 is 0 Å². The van der Waals surface area contributed by atoms with Crippen molar-refractivity contribution in [3.8, 4) is 17.6 Å². The Morgan fingerprint density at radius 2 is 1.91 bits per heavy atom. The third kappa shape index (κ3) is 5.36. The second kappa shape index (κ2) is 10.9. The monoisotopic (exact) mass is 473 g/mol. The number of carbonyl (C=O) groups excluding carboxylic acids is 2. The van der Waals surface area contributed by atoms with Crippen LogP contribution in [0.4, 0.5) is 0 Å². The number of hydrogen-bond donors (Lipinski definition) is 1. The van der Waals surface area contributed by atoms with Crippen molar-refractivity contribution in [1.82, 2.24) is 9.88 Å². The highest BCUT2D eigenvalue weighted by atomic mass is 16.5. The molecule has 0 radical (unpaired) electrons. The van der Waals surface area contributed by atoms with Crippen molar-refractivity contribution in [3.63, 3.8) is 0 Å². The third-order valence-corrected chi connectivity index (χ3v) is 5.78. The van der Waals surface area contributed by atoms with Crippen molar-refractivity contribution in [2.24, 2.45) is 0 Å². The van der Waals surface area contributed by atoms with Gasteiger partial charge in [0.05, 0.1) is 25.4 Å². The number of carbonyl (C=O) groups is 2. The molecular weight excluding hydrogens is 446 g/mol. The lowest BCUT2D eigenvalue weighted by Crippen LogP contribution is -2.43. The lowest BCUT2D eigenvalue weighted by molar-refractivity contribution is -0.137. The van der Waals surface area contributed by atoms with Crippen molar-refractivity contribution in [1.29, 1.82) is 5.26 Å². The Kier molecular flexibility index (Phi) is 7.48. The van der Waals surface area contributed by atoms with Crippen molar-refractivity contribution in [2.75, 3.05) is 39.5 Å². The summed E-state index contributed by atoms with van der Waals surface area (Å²) in [5.41, 5.74) is 2.66. The summed E-state index contributed by atoms with van der Waals surface area (Å²) in [5, 5.41) is 10.5. The number of benzene rings is 2. The number of ketones is 1. The Hall–Kier alpha value is -4.09. The number of hydrogen-bond acceptors (Lipinski definition) is 6. The van der Waals surface area contributed by atoms with Gasteiger partial charge < -0.3 is 24.1 Å². The lowest BCUT2D eigenvalue weighted by Gasteiger charge is -2.26. The number of aryl methyl sites for hydroxylation is 1. The molecule has 0 aliphatic carbocycles. The molecule has 2 aromatic carbocycles. The number of aromatic nitrogens is 1. The van der Waals surface area contributed by atoms with Gasteiger partial charge in [0.2, 0.25) is 5.78 Å². The van der Waals surface area contributed by atoms with Crippen LogP contribution in [0.3, 0.4) is 0 Å². The van der Waals surface area contributed by atoms with E-state index in [0.29, 0.717) is 61.2 Å². The predicted molar refractivity (Wildman–Crippen MR) is 131 cm³/mol. The van der Waals surface area contributed by atoms with Gasteiger partial charge in [-0.2, -0.15) is 5.26 Å². The molecule has 4 rings (SSSR count). The molecule has 1 fully saturated rings. The van der Waals surface area contributed by atoms with Crippen molar-refractivity contribution >= 4 is 28.7 Å². The van der Waals surface area contributed by atoms with E-state index in [1.165, 1.54) is 6.08 Å². The number of aromatic amines is 1. The smallest absolute Gasteiger partial charge is 0.260 e. The number of nitrogens with one attached hydrogen (secondary N) is 1. The highest BCUT2D eigenvalue weighted by molar-refractivity contribution is 6.20. The van der Waals surface area contributed by atoms with Crippen molar-refractivity contribution in [3.05, 3.63) is 64.9 Å². The summed E-state index contributed by atoms with van der Waals surface area (Å²) >= 11 is 0. The van der Waals surface area contributed by atoms with E-state index in [4.69, 9.17) is 14.2 Å². The quantitative estimate of drug-likeness (QED) is 0.302. The molecule has 0 spiro atoms. The van der Waals surface area contributed by atoms with Crippen LogP contribution in [0, 0.1) is 18.3 Å². The van der Waals surface area contributed by atoms with E-state index in [0.717, 1.165) is 10.9 Å². The Morgan fingerprint density at radius 3 is 2.66 bits per heavy atom. The zero-order chi connectivity index (χ0) is 24.8. The van der Waals surface area contributed by atoms with Crippen LogP contribution in [0.15, 0.2) is 48.0 Å². The van der Waals surface area contributed by atoms with Crippen LogP contribution in [0.25, 0.3) is 17.0 Å². The Morgan fingerprint density at radius 1 is 1.14 bits per heavy atom. The Labute approximate surface area is 203 Å². The number of H-pyrrole nitrogens is 1. The number of amides is 1. The van der Waals surface area contributed by atoms with E-state index >= 15 is 0 Å². The predicted octanol–water partition coefficient (Wildman–Crippen LogP) is 3.90. The molecule has 35 heavy (non-hydrogen) atoms. The number of para-hydroxylation sites is 1. The normalized spacial score (nSPS) is 14.0. The fraction of sp³-hybridized carbons (Fsp3) is 0.296. The first kappa shape index (κ1) is 24.0. The molecule has 2 heterocycles. The summed E-state index contributed by atoms with van der Waals surface area (Å²) in [5.74, 6) is 0.384. The molecule has 1 aromatic heterocycles. The first-order chi connectivity index (χ1) is 17.0. The van der Waals surface area contributed by atoms with Crippen LogP contribution in [0.5, 0.6) is 11.5 Å². The molecule has 0 unspecified atom stereocenters. The second-order valence-electron chi connectivity index (χ2n) is 8.09. The van der Waals surface area contributed by atoms with Gasteiger partial charge in [-0.25, -0.2) is 0 Å². The fourth-order valence-electron chi connectivity index (χ4n) is 4.06. The number of nitriles is 1. The van der Waals surface area contributed by atoms with Gasteiger partial charge in [0.15, 0.2) is 18.1 Å². The second-order valence-corrected chi connectivity index (χ2v) is 8.09. The van der Waals surface area contributed by atoms with E-state index in [9.17, 15) is 14.9 Å². The number of morpholine rings is 1. The zero-order valence-electron chi connectivity index (χ0n) is 19.8. The standard InChI is InChI=1S/C27H27N3O5/c1-3-34-24-15-19(8-9-23(24)35-17-25(31)30-10-12-33-13-11-30)14-20(16-28)27(32)26-18(2)29-22-7-5-4-6-21(22)26/h4-9,14-15,29H,3,10-13,17H2,1-2H3/b20-14-. The number of rotatable bonds is 8. The average Bonchev–Trinajstić information content (AvgIpc) is 3.22. The summed E-state index contributed by atoms with van der Waals surface area (Å²) in [6.45, 7) is 6.08. The molecule has 1 aliphatic rings. The van der Waals surface area contributed by atoms with Gasteiger partial charge in [0, 0.05) is 29.7 Å². The summed E-state index contributed by atoms with van der Waals surface area (Å²) in [4.78, 5) is 30.6. The van der Waals surface area contributed by atoms with Gasteiger partial charge in [-0.15, -0.1) is 0 Å². The number of fused-ring (bicyclic) bond motifs is 1. The fourth-order valence-corrected chi connectivity index (χ4v) is 4.06. The third-order valence-electron chi connectivity index (χ3n) is 5.78. The molecule has 8 heteroatoms. The molecule has 180 valence electrons. The molecular formula is C27H27N3O5. The van der Waals surface area contributed by atoms with Crippen LogP contribution in [-0.2, 0) is 9.53 Å². The van der Waals surface area contributed by atoms with E-state index in [2.05, 4.69) is 4.98 Å². The van der Waals surface area contributed by atoms with Gasteiger partial charge in [0.1, 0.15) is 11.6 Å². The van der Waals surface area contributed by atoms with Gasteiger partial charge in [0.25, 0.3) is 5.91 Å². The maximum Gasteiger partial charge on any atom is 0.260 e. The molecule has 8 nitrogen and oxygen atoms in total. The van der Waals surface area contributed by atoms with Gasteiger partial charge in [-0.1, -0.05) is 24.3 Å². The molecule has 1 N–H and O–H groups in total. The van der Waals surface area contributed by atoms with Gasteiger partial charge in [-0.05, 0) is 43.7 Å². The summed E-state index contributed by atoms with van der Waals surface area (Å²) in [6.07, 6.45) is 1.54. The molecule has 1 aliphatic heterocycles. The Balaban J connectivity index is 1.56. The highest BCUT2D eigenvalue weighted by Gasteiger charge is 2.21. The molecule has 1 amide bonds. The molecule has 0 atom stereocenters. The van der Waals surface area contributed by atoms with E-state index in [1.807, 2.05) is 44.2 Å². The van der Waals surface area contributed by atoms with Crippen LogP contribution in [-0.4, -0.2) is 61.1 Å². The molecule has 3 aromatic rings. The minimum absolute atomic E-state index is 0.0106. The van der Waals surface area contributed by atoms with E-state index in [1.54, 1.807) is 23.1 Å². The van der Waals surface area contributed by atoms with E-state index in [-0.39, 0.29) is 23.9 Å². The topological polar surface area (TPSA) is 105 Å². The number of nitrogens with zero attached hydrogens (tertiary/aromatic N) is 2. The van der Waals surface area contributed by atoms with Crippen molar-refractivity contribution in [2.45, 2.75) is 13.8 Å². The van der Waals surface area contributed by atoms with Crippen molar-refractivity contribution < 1.29 is 23.8 Å². The molecule has 1 saturated heterocycles. The molecule has 0 saturated carbocycles. The first-order valence-corrected chi connectivity index (χ1v) is 11.5. The van der Waals surface area contributed by atoms with Crippen LogP contribution in [0.2, 0.25) is 0 Å². The maximum absolute atomic E-state index is 13.3. The summed E-state index contributed by atoms with van der Waals surface area (Å²) in [7, 11) is 0. The van der Waals surface area contributed by atoms with Gasteiger partial charge >= 0.3 is 0 Å². The van der Waals surface area contributed by atoms with E-state index < -0.39 is 0 Å². The summed E-state index contributed by atoms with van der Waals surface area (Å²) < 4.78 is 16.7.